The Morgan fingerprint density at radius 1 is 0.875 bits per heavy atom. The van der Waals surface area contributed by atoms with Crippen LogP contribution in [0.5, 0.6) is 0 Å². The highest BCUT2D eigenvalue weighted by Crippen LogP contribution is 2.05. The summed E-state index contributed by atoms with van der Waals surface area (Å²) in [4.78, 5) is 4.33. The van der Waals surface area contributed by atoms with E-state index >= 15 is 0 Å². The van der Waals surface area contributed by atoms with Crippen molar-refractivity contribution in [3.8, 4) is 0 Å². The van der Waals surface area contributed by atoms with Crippen LogP contribution in [0.25, 0.3) is 0 Å². The molecule has 0 radical (unpaired) electrons. The van der Waals surface area contributed by atoms with Crippen LogP contribution in [0.4, 0.5) is 8.78 Å². The number of benzene rings is 2. The zero-order valence-corrected chi connectivity index (χ0v) is 14.9. The zero-order valence-electron chi connectivity index (χ0n) is 13.7. The van der Waals surface area contributed by atoms with Gasteiger partial charge in [-0.1, -0.05) is 34.6 Å². The Hall–Kier alpha value is -2.34. The lowest BCUT2D eigenvalue weighted by Gasteiger charge is -2.17. The van der Waals surface area contributed by atoms with Crippen LogP contribution in [0.3, 0.4) is 0 Å². The summed E-state index contributed by atoms with van der Waals surface area (Å²) in [6.45, 7) is 4.56. The molecule has 3 nitrogen and oxygen atoms in total. The van der Waals surface area contributed by atoms with Crippen LogP contribution in [-0.4, -0.2) is 23.6 Å². The van der Waals surface area contributed by atoms with E-state index in [0.29, 0.717) is 0 Å². The second-order valence-electron chi connectivity index (χ2n) is 5.87. The number of nitrogens with zero attached hydrogens (tertiary/aromatic N) is 3. The van der Waals surface area contributed by atoms with Gasteiger partial charge in [0.05, 0.1) is 0 Å². The van der Waals surface area contributed by atoms with E-state index in [4.69, 9.17) is 0 Å². The van der Waals surface area contributed by atoms with Gasteiger partial charge in [0.25, 0.3) is 0 Å². The van der Waals surface area contributed by atoms with Crippen molar-refractivity contribution in [2.24, 2.45) is 0 Å². The summed E-state index contributed by atoms with van der Waals surface area (Å²) in [5, 5.41) is 6.68. The van der Waals surface area contributed by atoms with Crippen LogP contribution < -0.4 is 10.4 Å². The SMILES string of the molecule is Cc1nc(C)n(CC[SiH](c2ccc(F)cc2)c2ccc(F)cc2)n1. The molecule has 2 aromatic carbocycles. The highest BCUT2D eigenvalue weighted by molar-refractivity contribution is 6.85. The van der Waals surface area contributed by atoms with Crippen molar-refractivity contribution in [3.05, 3.63) is 71.8 Å². The van der Waals surface area contributed by atoms with Crippen LogP contribution in [-0.2, 0) is 6.54 Å². The van der Waals surface area contributed by atoms with Gasteiger partial charge in [-0.15, -0.1) is 0 Å². The van der Waals surface area contributed by atoms with E-state index in [2.05, 4.69) is 10.1 Å². The maximum absolute atomic E-state index is 13.3. The minimum atomic E-state index is -1.59. The van der Waals surface area contributed by atoms with Crippen LogP contribution in [0.1, 0.15) is 11.6 Å². The van der Waals surface area contributed by atoms with Crippen LogP contribution in [0, 0.1) is 25.5 Å². The predicted octanol–water partition coefficient (Wildman–Crippen LogP) is 2.21. The van der Waals surface area contributed by atoms with Crippen molar-refractivity contribution in [2.75, 3.05) is 0 Å². The summed E-state index contributed by atoms with van der Waals surface area (Å²) in [6.07, 6.45) is 0. The molecular formula is C18H19F2N3Si. The summed E-state index contributed by atoms with van der Waals surface area (Å²) in [5.41, 5.74) is 0. The molecule has 0 aliphatic rings. The quantitative estimate of drug-likeness (QED) is 0.665. The average Bonchev–Trinajstić information content (AvgIpc) is 2.88. The fourth-order valence-corrected chi connectivity index (χ4v) is 5.81. The molecule has 1 aromatic heterocycles. The summed E-state index contributed by atoms with van der Waals surface area (Å²) in [6, 6.07) is 14.2. The van der Waals surface area contributed by atoms with E-state index in [1.165, 1.54) is 24.3 Å². The lowest BCUT2D eigenvalue weighted by molar-refractivity contribution is 0.627. The Morgan fingerprint density at radius 2 is 1.38 bits per heavy atom. The molecular weight excluding hydrogens is 324 g/mol. The standard InChI is InChI=1S/C18H19F2N3Si/c1-13-21-14(2)23(22-13)11-12-24(17-7-3-15(19)4-8-17)18-9-5-16(20)6-10-18/h3-10,24H,11-12H2,1-2H3. The molecule has 0 saturated heterocycles. The number of hydrogen-bond donors (Lipinski definition) is 0. The van der Waals surface area contributed by atoms with Crippen LogP contribution >= 0.6 is 0 Å². The molecule has 0 bridgehead atoms. The molecule has 0 aliphatic carbocycles. The number of halogens is 2. The number of rotatable bonds is 5. The Morgan fingerprint density at radius 3 is 1.79 bits per heavy atom. The van der Waals surface area contributed by atoms with E-state index in [0.717, 1.165) is 34.6 Å². The van der Waals surface area contributed by atoms with Gasteiger partial charge in [0, 0.05) is 6.54 Å². The van der Waals surface area contributed by atoms with Gasteiger partial charge in [0.2, 0.25) is 0 Å². The summed E-state index contributed by atoms with van der Waals surface area (Å²) < 4.78 is 28.4. The smallest absolute Gasteiger partial charge is 0.147 e. The van der Waals surface area contributed by atoms with Gasteiger partial charge in [0.1, 0.15) is 32.1 Å². The minimum absolute atomic E-state index is 0.242. The third kappa shape index (κ3) is 3.76. The highest BCUT2D eigenvalue weighted by Gasteiger charge is 2.17. The minimum Gasteiger partial charge on any atom is -0.250 e. The van der Waals surface area contributed by atoms with Gasteiger partial charge in [0.15, 0.2) is 0 Å². The zero-order chi connectivity index (χ0) is 17.1. The molecule has 0 spiro atoms. The third-order valence-electron chi connectivity index (χ3n) is 4.14. The Labute approximate surface area is 141 Å². The molecule has 6 heteroatoms. The summed E-state index contributed by atoms with van der Waals surface area (Å²) in [7, 11) is -1.59. The molecule has 124 valence electrons. The Kier molecular flexibility index (Phi) is 4.85. The first kappa shape index (κ1) is 16.5. The van der Waals surface area contributed by atoms with Gasteiger partial charge < -0.3 is 0 Å². The number of aryl methyl sites for hydroxylation is 3. The largest absolute Gasteiger partial charge is 0.250 e. The first-order valence-electron chi connectivity index (χ1n) is 7.92. The lowest BCUT2D eigenvalue weighted by atomic mass is 10.3. The van der Waals surface area contributed by atoms with Crippen molar-refractivity contribution < 1.29 is 8.78 Å². The molecule has 0 atom stereocenters. The summed E-state index contributed by atoms with van der Waals surface area (Å²) >= 11 is 0. The van der Waals surface area contributed by atoms with Crippen molar-refractivity contribution in [1.29, 1.82) is 0 Å². The average molecular weight is 343 g/mol. The second kappa shape index (κ2) is 7.05. The van der Waals surface area contributed by atoms with E-state index in [1.807, 2.05) is 42.8 Å². The first-order valence-corrected chi connectivity index (χ1v) is 9.89. The van der Waals surface area contributed by atoms with Crippen molar-refractivity contribution in [3.63, 3.8) is 0 Å². The van der Waals surface area contributed by atoms with Gasteiger partial charge >= 0.3 is 0 Å². The van der Waals surface area contributed by atoms with Crippen LogP contribution in [0.15, 0.2) is 48.5 Å². The molecule has 0 amide bonds. The number of hydrogen-bond acceptors (Lipinski definition) is 2. The first-order chi connectivity index (χ1) is 11.5. The fourth-order valence-electron chi connectivity index (χ4n) is 2.94. The molecule has 1 heterocycles. The highest BCUT2D eigenvalue weighted by atomic mass is 28.3. The lowest BCUT2D eigenvalue weighted by Crippen LogP contribution is -2.42. The van der Waals surface area contributed by atoms with E-state index in [1.54, 1.807) is 0 Å². The molecule has 0 fully saturated rings. The molecule has 0 saturated carbocycles. The van der Waals surface area contributed by atoms with Crippen LogP contribution in [0.2, 0.25) is 6.04 Å². The second-order valence-corrected chi connectivity index (χ2v) is 8.89. The maximum Gasteiger partial charge on any atom is 0.147 e. The molecule has 3 rings (SSSR count). The summed E-state index contributed by atoms with van der Waals surface area (Å²) in [5.74, 6) is 1.16. The molecule has 0 aliphatic heterocycles. The molecule has 24 heavy (non-hydrogen) atoms. The normalized spacial score (nSPS) is 11.2. The topological polar surface area (TPSA) is 30.7 Å². The molecule has 3 aromatic rings. The van der Waals surface area contributed by atoms with Crippen molar-refractivity contribution in [2.45, 2.75) is 26.4 Å². The number of aromatic nitrogens is 3. The van der Waals surface area contributed by atoms with Gasteiger partial charge in [-0.25, -0.2) is 13.8 Å². The van der Waals surface area contributed by atoms with E-state index in [-0.39, 0.29) is 11.6 Å². The van der Waals surface area contributed by atoms with Crippen molar-refractivity contribution in [1.82, 2.24) is 14.8 Å². The van der Waals surface area contributed by atoms with Crippen molar-refractivity contribution >= 4 is 19.2 Å². The maximum atomic E-state index is 13.3. The Balaban J connectivity index is 1.88. The predicted molar refractivity (Wildman–Crippen MR) is 93.5 cm³/mol. The van der Waals surface area contributed by atoms with Gasteiger partial charge in [-0.2, -0.15) is 5.10 Å². The van der Waals surface area contributed by atoms with E-state index < -0.39 is 8.80 Å². The van der Waals surface area contributed by atoms with Gasteiger partial charge in [-0.3, -0.25) is 4.68 Å². The van der Waals surface area contributed by atoms with E-state index in [9.17, 15) is 8.78 Å². The monoisotopic (exact) mass is 343 g/mol. The third-order valence-corrected chi connectivity index (χ3v) is 7.35. The molecule has 0 N–H and O–H groups in total. The Bertz CT molecular complexity index is 768. The fraction of sp³-hybridized carbons (Fsp3) is 0.222. The molecule has 0 unspecified atom stereocenters. The van der Waals surface area contributed by atoms with Gasteiger partial charge in [-0.05, 0) is 44.2 Å².